The van der Waals surface area contributed by atoms with E-state index in [0.717, 1.165) is 9.25 Å². The van der Waals surface area contributed by atoms with E-state index in [9.17, 15) is 31.5 Å². The number of carboxylic acids is 1. The number of halogens is 5. The van der Waals surface area contributed by atoms with Gasteiger partial charge in [0.05, 0.1) is 6.54 Å². The number of nitrogens with one attached hydrogen (secondary N) is 1. The van der Waals surface area contributed by atoms with Gasteiger partial charge in [-0.2, -0.15) is 27.1 Å². The summed E-state index contributed by atoms with van der Waals surface area (Å²) in [6.45, 7) is 0.891. The molecule has 1 aliphatic rings. The van der Waals surface area contributed by atoms with Crippen LogP contribution in [-0.4, -0.2) is 60.1 Å². The van der Waals surface area contributed by atoms with E-state index >= 15 is 0 Å². The third kappa shape index (κ3) is 7.05. The zero-order chi connectivity index (χ0) is 29.6. The minimum Gasteiger partial charge on any atom is -0.475 e. The van der Waals surface area contributed by atoms with Gasteiger partial charge >= 0.3 is 17.8 Å². The molecule has 3 aromatic rings. The lowest BCUT2D eigenvalue weighted by molar-refractivity contribution is -0.192. The van der Waals surface area contributed by atoms with Gasteiger partial charge < -0.3 is 20.9 Å². The summed E-state index contributed by atoms with van der Waals surface area (Å²) in [6.07, 6.45) is -3.90. The van der Waals surface area contributed by atoms with Gasteiger partial charge in [-0.1, -0.05) is 5.92 Å². The molecule has 0 saturated heterocycles. The van der Waals surface area contributed by atoms with Crippen LogP contribution < -0.4 is 21.5 Å². The lowest BCUT2D eigenvalue weighted by Crippen LogP contribution is -2.36. The maximum atomic E-state index is 12.8. The molecule has 12 nitrogen and oxygen atoms in total. The maximum absolute atomic E-state index is 12.8. The van der Waals surface area contributed by atoms with Gasteiger partial charge in [0.1, 0.15) is 12.1 Å². The monoisotopic (exact) mass is 567 g/mol. The molecule has 1 unspecified atom stereocenters. The summed E-state index contributed by atoms with van der Waals surface area (Å²) >= 11 is 0. The van der Waals surface area contributed by atoms with Gasteiger partial charge in [0.25, 0.3) is 12.0 Å². The molecule has 0 aliphatic carbocycles. The van der Waals surface area contributed by atoms with Crippen molar-refractivity contribution in [3.05, 3.63) is 70.2 Å². The van der Waals surface area contributed by atoms with Crippen LogP contribution in [0.15, 0.2) is 53.4 Å². The van der Waals surface area contributed by atoms with Gasteiger partial charge in [0, 0.05) is 30.1 Å². The summed E-state index contributed by atoms with van der Waals surface area (Å²) in [5.41, 5.74) is 5.33. The molecule has 1 atom stereocenters. The van der Waals surface area contributed by atoms with Crippen molar-refractivity contribution in [3.8, 4) is 23.4 Å². The lowest BCUT2D eigenvalue weighted by atomic mass is 10.2. The van der Waals surface area contributed by atoms with E-state index in [1.807, 2.05) is 0 Å². The number of alkyl halides is 3. The Labute approximate surface area is 220 Å². The Bertz CT molecular complexity index is 1580. The first kappa shape index (κ1) is 29.4. The number of carbonyl (C=O) groups is 2. The SMILES string of the molecule is Cc1cc(C#CC2Oc3cccnc3NC2=O)cnc1-n1cnn(CC(CN)=C(F)F)c1=O.O=C(O)C(F)(F)F. The fourth-order valence-electron chi connectivity index (χ4n) is 3.05. The van der Waals surface area contributed by atoms with Gasteiger partial charge in [-0.3, -0.25) is 4.79 Å². The number of hydrogen-bond acceptors (Lipinski definition) is 8. The summed E-state index contributed by atoms with van der Waals surface area (Å²) in [7, 11) is 0. The summed E-state index contributed by atoms with van der Waals surface area (Å²) in [6, 6.07) is 5.02. The first-order valence-corrected chi connectivity index (χ1v) is 10.9. The number of amides is 1. The second-order valence-electron chi connectivity index (χ2n) is 7.78. The van der Waals surface area contributed by atoms with Gasteiger partial charge in [0.2, 0.25) is 6.10 Å². The van der Waals surface area contributed by atoms with Crippen molar-refractivity contribution in [2.24, 2.45) is 5.73 Å². The van der Waals surface area contributed by atoms with E-state index in [0.29, 0.717) is 22.7 Å². The highest BCUT2D eigenvalue weighted by molar-refractivity contribution is 5.98. The van der Waals surface area contributed by atoms with Crippen LogP contribution >= 0.6 is 0 Å². The van der Waals surface area contributed by atoms with Crippen LogP contribution in [-0.2, 0) is 16.1 Å². The molecule has 4 rings (SSSR count). The average Bonchev–Trinajstić information content (AvgIpc) is 3.25. The van der Waals surface area contributed by atoms with Crippen molar-refractivity contribution in [1.29, 1.82) is 0 Å². The number of ether oxygens (including phenoxy) is 1. The molecular weight excluding hydrogens is 549 g/mol. The van der Waals surface area contributed by atoms with Crippen LogP contribution in [0.1, 0.15) is 11.1 Å². The number of aryl methyl sites for hydroxylation is 1. The van der Waals surface area contributed by atoms with E-state index < -0.39 is 49.0 Å². The van der Waals surface area contributed by atoms with Crippen LogP contribution in [0.2, 0.25) is 0 Å². The predicted molar refractivity (Wildman–Crippen MR) is 127 cm³/mol. The number of carbonyl (C=O) groups excluding carboxylic acids is 1. The highest BCUT2D eigenvalue weighted by atomic mass is 19.4. The molecule has 4 heterocycles. The number of aliphatic carboxylic acids is 1. The number of rotatable bonds is 4. The molecule has 0 saturated carbocycles. The van der Waals surface area contributed by atoms with Crippen molar-refractivity contribution in [2.45, 2.75) is 25.7 Å². The third-order valence-electron chi connectivity index (χ3n) is 4.95. The Balaban J connectivity index is 0.000000559. The molecular formula is C23H18F5N7O5. The van der Waals surface area contributed by atoms with Gasteiger partial charge in [-0.05, 0) is 36.6 Å². The molecule has 0 radical (unpaired) electrons. The van der Waals surface area contributed by atoms with Gasteiger partial charge in [0.15, 0.2) is 11.6 Å². The molecule has 0 aromatic carbocycles. The molecule has 0 fully saturated rings. The molecule has 0 spiro atoms. The highest BCUT2D eigenvalue weighted by Gasteiger charge is 2.38. The highest BCUT2D eigenvalue weighted by Crippen LogP contribution is 2.26. The quantitative estimate of drug-likeness (QED) is 0.314. The zero-order valence-electron chi connectivity index (χ0n) is 20.2. The number of fused-ring (bicyclic) bond motifs is 1. The predicted octanol–water partition coefficient (Wildman–Crippen LogP) is 1.63. The van der Waals surface area contributed by atoms with Crippen LogP contribution in [0.4, 0.5) is 27.8 Å². The summed E-state index contributed by atoms with van der Waals surface area (Å²) in [4.78, 5) is 41.9. The van der Waals surface area contributed by atoms with Crippen molar-refractivity contribution in [3.63, 3.8) is 0 Å². The fraction of sp³-hybridized carbons (Fsp3) is 0.217. The maximum Gasteiger partial charge on any atom is 0.490 e. The van der Waals surface area contributed by atoms with Crippen LogP contribution in [0.25, 0.3) is 5.82 Å². The standard InChI is InChI=1S/C21H17F2N7O3.C2HF3O2/c1-12-7-13(4-5-16-20(31)28-18-15(33-16)3-2-6-25-18)9-26-19(12)29-11-27-30(21(29)32)10-14(8-24)17(22)23;3-2(4,5)1(6)7/h2-3,6-7,9,11,16H,8,10,24H2,1H3,(H,25,28,31);(H,6,7). The zero-order valence-corrected chi connectivity index (χ0v) is 20.2. The average molecular weight is 567 g/mol. The number of carboxylic acid groups (broad SMARTS) is 1. The molecule has 210 valence electrons. The Hall–Kier alpha value is -5.11. The first-order valence-electron chi connectivity index (χ1n) is 10.9. The molecule has 1 amide bonds. The molecule has 1 aliphatic heterocycles. The summed E-state index contributed by atoms with van der Waals surface area (Å²) in [5.74, 6) is 3.39. The fourth-order valence-corrected chi connectivity index (χ4v) is 3.05. The van der Waals surface area contributed by atoms with Gasteiger partial charge in [-0.15, -0.1) is 0 Å². The largest absolute Gasteiger partial charge is 0.490 e. The third-order valence-corrected chi connectivity index (χ3v) is 4.95. The molecule has 0 bridgehead atoms. The van der Waals surface area contributed by atoms with Crippen molar-refractivity contribution < 1.29 is 41.4 Å². The number of aromatic nitrogens is 5. The lowest BCUT2D eigenvalue weighted by Gasteiger charge is -2.21. The number of hydrogen-bond donors (Lipinski definition) is 3. The van der Waals surface area contributed by atoms with Crippen LogP contribution in [0.5, 0.6) is 5.75 Å². The summed E-state index contributed by atoms with van der Waals surface area (Å²) < 4.78 is 65.0. The smallest absolute Gasteiger partial charge is 0.475 e. The van der Waals surface area contributed by atoms with E-state index in [4.69, 9.17) is 20.4 Å². The number of pyridine rings is 2. The van der Waals surface area contributed by atoms with Gasteiger partial charge in [-0.25, -0.2) is 28.8 Å². The Morgan fingerprint density at radius 3 is 2.58 bits per heavy atom. The molecule has 3 aromatic heterocycles. The topological polar surface area (TPSA) is 167 Å². The van der Waals surface area contributed by atoms with Crippen LogP contribution in [0.3, 0.4) is 0 Å². The Morgan fingerprint density at radius 1 is 1.27 bits per heavy atom. The van der Waals surface area contributed by atoms with E-state index in [2.05, 4.69) is 32.2 Å². The second kappa shape index (κ2) is 12.2. The Morgan fingerprint density at radius 2 is 1.98 bits per heavy atom. The van der Waals surface area contributed by atoms with Crippen molar-refractivity contribution >= 4 is 17.7 Å². The molecule has 40 heavy (non-hydrogen) atoms. The van der Waals surface area contributed by atoms with E-state index in [1.54, 1.807) is 25.1 Å². The van der Waals surface area contributed by atoms with E-state index in [-0.39, 0.29) is 11.4 Å². The second-order valence-corrected chi connectivity index (χ2v) is 7.78. The molecule has 17 heteroatoms. The van der Waals surface area contributed by atoms with Crippen molar-refractivity contribution in [2.75, 3.05) is 11.9 Å². The first-order chi connectivity index (χ1) is 18.8. The Kier molecular flexibility index (Phi) is 8.96. The number of anilines is 1. The minimum absolute atomic E-state index is 0.266. The summed E-state index contributed by atoms with van der Waals surface area (Å²) in [5, 5.41) is 13.6. The normalized spacial score (nSPS) is 13.9. The van der Waals surface area contributed by atoms with Crippen molar-refractivity contribution in [1.82, 2.24) is 24.3 Å². The van der Waals surface area contributed by atoms with E-state index in [1.165, 1.54) is 18.7 Å². The number of nitrogens with zero attached hydrogens (tertiary/aromatic N) is 5. The van der Waals surface area contributed by atoms with Crippen LogP contribution in [0, 0.1) is 18.8 Å². The number of nitrogens with two attached hydrogens (primary N) is 1. The minimum atomic E-state index is -5.08. The molecule has 4 N–H and O–H groups in total.